The lowest BCUT2D eigenvalue weighted by atomic mass is 10.2. The topological polar surface area (TPSA) is 74.6 Å². The summed E-state index contributed by atoms with van der Waals surface area (Å²) >= 11 is 1.65. The average Bonchev–Trinajstić information content (AvgIpc) is 3.25. The van der Waals surface area contributed by atoms with Crippen LogP contribution in [0.4, 0.5) is 4.79 Å². The highest BCUT2D eigenvalue weighted by molar-refractivity contribution is 7.09. The Labute approximate surface area is 149 Å². The first-order valence-corrected chi connectivity index (χ1v) is 9.32. The van der Waals surface area contributed by atoms with Crippen LogP contribution < -0.4 is 0 Å². The van der Waals surface area contributed by atoms with E-state index in [-0.39, 0.29) is 11.9 Å². The van der Waals surface area contributed by atoms with Gasteiger partial charge in [-0.25, -0.2) is 9.78 Å². The molecule has 0 radical (unpaired) electrons. The molecular weight excluding hydrogens is 340 g/mol. The van der Waals surface area contributed by atoms with E-state index in [2.05, 4.69) is 15.0 Å². The number of likely N-dealkylation sites (tertiary alicyclic amines) is 1. The van der Waals surface area contributed by atoms with Gasteiger partial charge in [-0.15, -0.1) is 11.3 Å². The summed E-state index contributed by atoms with van der Waals surface area (Å²) in [6.07, 6.45) is 5.89. The summed E-state index contributed by atoms with van der Waals surface area (Å²) in [5.74, 6) is -0.0430. The number of piperazine rings is 1. The lowest BCUT2D eigenvalue weighted by molar-refractivity contribution is 0.0652. The van der Waals surface area contributed by atoms with Crippen molar-refractivity contribution in [1.82, 2.24) is 29.5 Å². The second kappa shape index (κ2) is 6.93. The molecule has 132 valence electrons. The van der Waals surface area contributed by atoms with Crippen molar-refractivity contribution in [2.75, 3.05) is 39.3 Å². The van der Waals surface area contributed by atoms with Crippen molar-refractivity contribution in [3.05, 3.63) is 34.5 Å². The van der Waals surface area contributed by atoms with Gasteiger partial charge in [-0.1, -0.05) is 0 Å². The van der Waals surface area contributed by atoms with Crippen LogP contribution in [-0.4, -0.2) is 80.7 Å². The van der Waals surface area contributed by atoms with Crippen LogP contribution in [0.5, 0.6) is 0 Å². The number of hydrogen-bond acceptors (Lipinski definition) is 6. The van der Waals surface area contributed by atoms with Gasteiger partial charge in [-0.05, 0) is 6.42 Å². The zero-order valence-corrected chi connectivity index (χ0v) is 14.7. The van der Waals surface area contributed by atoms with Crippen LogP contribution in [0.15, 0.2) is 24.0 Å². The highest BCUT2D eigenvalue weighted by atomic mass is 32.1. The maximum atomic E-state index is 12.6. The van der Waals surface area contributed by atoms with Gasteiger partial charge in [-0.3, -0.25) is 9.69 Å². The summed E-state index contributed by atoms with van der Waals surface area (Å²) < 4.78 is 1.28. The number of hydrogen-bond donors (Lipinski definition) is 0. The summed E-state index contributed by atoms with van der Waals surface area (Å²) in [5.41, 5.74) is 0.482. The van der Waals surface area contributed by atoms with E-state index in [9.17, 15) is 9.59 Å². The minimum Gasteiger partial charge on any atom is -0.338 e. The Morgan fingerprint density at radius 3 is 2.52 bits per heavy atom. The van der Waals surface area contributed by atoms with E-state index in [0.29, 0.717) is 18.7 Å². The highest BCUT2D eigenvalue weighted by Gasteiger charge is 2.26. The predicted molar refractivity (Wildman–Crippen MR) is 92.5 cm³/mol. The lowest BCUT2D eigenvalue weighted by Gasteiger charge is -2.33. The smallest absolute Gasteiger partial charge is 0.338 e. The average molecular weight is 360 g/mol. The second-order valence-electron chi connectivity index (χ2n) is 6.29. The van der Waals surface area contributed by atoms with Crippen LogP contribution in [0.25, 0.3) is 0 Å². The fourth-order valence-electron chi connectivity index (χ4n) is 3.00. The van der Waals surface area contributed by atoms with Crippen molar-refractivity contribution in [2.24, 2.45) is 0 Å². The third-order valence-electron chi connectivity index (χ3n) is 4.65. The highest BCUT2D eigenvalue weighted by Crippen LogP contribution is 2.14. The molecule has 2 aromatic heterocycles. The molecular formula is C16H20N6O2S. The molecule has 4 rings (SSSR count). The van der Waals surface area contributed by atoms with Crippen molar-refractivity contribution < 1.29 is 9.59 Å². The number of rotatable bonds is 3. The molecule has 2 aromatic rings. The van der Waals surface area contributed by atoms with E-state index in [4.69, 9.17) is 0 Å². The summed E-state index contributed by atoms with van der Waals surface area (Å²) in [6, 6.07) is -0.170. The first-order valence-electron chi connectivity index (χ1n) is 8.44. The number of carbonyl (C=O) groups is 2. The van der Waals surface area contributed by atoms with Crippen molar-refractivity contribution >= 4 is 23.3 Å². The second-order valence-corrected chi connectivity index (χ2v) is 7.27. The van der Waals surface area contributed by atoms with Crippen molar-refractivity contribution in [2.45, 2.75) is 13.0 Å². The largest absolute Gasteiger partial charge is 0.344 e. The Kier molecular flexibility index (Phi) is 4.50. The molecule has 2 fully saturated rings. The van der Waals surface area contributed by atoms with Crippen LogP contribution in [0.3, 0.4) is 0 Å². The Balaban J connectivity index is 1.33. The molecule has 0 unspecified atom stereocenters. The van der Waals surface area contributed by atoms with Crippen LogP contribution in [-0.2, 0) is 6.54 Å². The van der Waals surface area contributed by atoms with Crippen LogP contribution in [0.2, 0.25) is 0 Å². The fourth-order valence-corrected chi connectivity index (χ4v) is 3.66. The van der Waals surface area contributed by atoms with E-state index in [1.54, 1.807) is 27.3 Å². The van der Waals surface area contributed by atoms with E-state index in [1.165, 1.54) is 10.9 Å². The van der Waals surface area contributed by atoms with Crippen LogP contribution in [0, 0.1) is 0 Å². The molecule has 25 heavy (non-hydrogen) atoms. The molecule has 0 atom stereocenters. The number of nitrogens with zero attached hydrogens (tertiary/aromatic N) is 6. The summed E-state index contributed by atoms with van der Waals surface area (Å²) in [7, 11) is 0. The summed E-state index contributed by atoms with van der Waals surface area (Å²) in [5, 5.41) is 7.17. The Hall–Kier alpha value is -2.26. The normalized spacial score (nSPS) is 18.2. The van der Waals surface area contributed by atoms with Gasteiger partial charge < -0.3 is 9.80 Å². The van der Waals surface area contributed by atoms with Gasteiger partial charge in [0, 0.05) is 57.0 Å². The molecule has 2 amide bonds. The summed E-state index contributed by atoms with van der Waals surface area (Å²) in [4.78, 5) is 34.9. The molecule has 2 saturated heterocycles. The van der Waals surface area contributed by atoms with E-state index in [0.717, 1.165) is 44.2 Å². The predicted octanol–water partition coefficient (Wildman–Crippen LogP) is 0.971. The molecule has 9 heteroatoms. The van der Waals surface area contributed by atoms with Gasteiger partial charge >= 0.3 is 6.03 Å². The molecule has 2 aliphatic heterocycles. The number of amides is 2. The molecule has 0 N–H and O–H groups in total. The molecule has 2 aliphatic rings. The van der Waals surface area contributed by atoms with Gasteiger partial charge in [0.2, 0.25) is 0 Å². The zero-order chi connectivity index (χ0) is 17.2. The maximum Gasteiger partial charge on any atom is 0.344 e. The molecule has 8 nitrogen and oxygen atoms in total. The number of thiazole rings is 1. The first kappa shape index (κ1) is 16.2. The number of aromatic nitrogens is 3. The third-order valence-corrected chi connectivity index (χ3v) is 5.42. The van der Waals surface area contributed by atoms with Gasteiger partial charge in [0.25, 0.3) is 5.91 Å². The Morgan fingerprint density at radius 2 is 1.88 bits per heavy atom. The lowest BCUT2D eigenvalue weighted by Crippen LogP contribution is -2.49. The molecule has 0 aromatic carbocycles. The minimum absolute atomic E-state index is 0.0430. The van der Waals surface area contributed by atoms with Crippen molar-refractivity contribution in [3.63, 3.8) is 0 Å². The monoisotopic (exact) mass is 360 g/mol. The SMILES string of the molecule is O=C(c1cnn(C(=O)N2CCN(Cc3nccs3)CC2)c1)N1CCC1. The quantitative estimate of drug-likeness (QED) is 0.815. The molecule has 0 bridgehead atoms. The van der Waals surface area contributed by atoms with E-state index in [1.807, 2.05) is 11.6 Å². The molecule has 0 saturated carbocycles. The van der Waals surface area contributed by atoms with Crippen LogP contribution >= 0.6 is 11.3 Å². The molecule has 0 spiro atoms. The zero-order valence-electron chi connectivity index (χ0n) is 13.9. The van der Waals surface area contributed by atoms with Gasteiger partial charge in [-0.2, -0.15) is 9.78 Å². The van der Waals surface area contributed by atoms with E-state index < -0.39 is 0 Å². The third kappa shape index (κ3) is 3.42. The Bertz CT molecular complexity index is 747. The summed E-state index contributed by atoms with van der Waals surface area (Å²) in [6.45, 7) is 5.34. The molecule has 0 aliphatic carbocycles. The number of carbonyl (C=O) groups excluding carboxylic acids is 2. The Morgan fingerprint density at radius 1 is 1.08 bits per heavy atom. The van der Waals surface area contributed by atoms with Crippen molar-refractivity contribution in [3.8, 4) is 0 Å². The van der Waals surface area contributed by atoms with Gasteiger partial charge in [0.1, 0.15) is 5.01 Å². The molecule has 4 heterocycles. The standard InChI is InChI=1S/C16H20N6O2S/c23-15(20-3-1-4-20)13-10-18-22(11-13)16(24)21-7-5-19(6-8-21)12-14-17-2-9-25-14/h2,9-11H,1,3-8,12H2. The van der Waals surface area contributed by atoms with Gasteiger partial charge in [0.05, 0.1) is 18.3 Å². The fraction of sp³-hybridized carbons (Fsp3) is 0.500. The first-order chi connectivity index (χ1) is 12.2. The van der Waals surface area contributed by atoms with E-state index >= 15 is 0 Å². The van der Waals surface area contributed by atoms with Gasteiger partial charge in [0.15, 0.2) is 0 Å². The minimum atomic E-state index is -0.170. The maximum absolute atomic E-state index is 12.6. The van der Waals surface area contributed by atoms with Crippen molar-refractivity contribution in [1.29, 1.82) is 0 Å². The van der Waals surface area contributed by atoms with Crippen LogP contribution in [0.1, 0.15) is 21.8 Å².